The van der Waals surface area contributed by atoms with E-state index in [4.69, 9.17) is 0 Å². The van der Waals surface area contributed by atoms with Crippen LogP contribution in [0, 0.1) is 0 Å². The standard InChI is InChI=1S/C20H21N3O3/c1-21-19(25)15-6-4-14(5-7-15)13-22-20(26)16-8-10-17(11-9-16)23-12-2-3-18(23)24/h4-11H,2-3,12-13H2,1H3,(H,21,25)(H,22,26). The second-order valence-corrected chi connectivity index (χ2v) is 6.15. The highest BCUT2D eigenvalue weighted by molar-refractivity contribution is 5.97. The summed E-state index contributed by atoms with van der Waals surface area (Å²) in [4.78, 5) is 37.3. The summed E-state index contributed by atoms with van der Waals surface area (Å²) in [5.41, 5.74) is 2.86. The Balaban J connectivity index is 1.58. The van der Waals surface area contributed by atoms with Crippen molar-refractivity contribution in [2.75, 3.05) is 18.5 Å². The van der Waals surface area contributed by atoms with Gasteiger partial charge in [0, 0.05) is 43.4 Å². The third-order valence-corrected chi connectivity index (χ3v) is 4.41. The van der Waals surface area contributed by atoms with E-state index in [0.717, 1.165) is 24.2 Å². The van der Waals surface area contributed by atoms with Gasteiger partial charge in [0.25, 0.3) is 11.8 Å². The third kappa shape index (κ3) is 3.91. The molecule has 0 atom stereocenters. The van der Waals surface area contributed by atoms with Crippen LogP contribution in [0.4, 0.5) is 5.69 Å². The molecule has 1 aliphatic rings. The van der Waals surface area contributed by atoms with E-state index in [9.17, 15) is 14.4 Å². The number of carbonyl (C=O) groups excluding carboxylic acids is 3. The van der Waals surface area contributed by atoms with E-state index >= 15 is 0 Å². The maximum atomic E-state index is 12.3. The molecule has 2 N–H and O–H groups in total. The molecule has 6 nitrogen and oxygen atoms in total. The Morgan fingerprint density at radius 2 is 1.58 bits per heavy atom. The zero-order chi connectivity index (χ0) is 18.5. The summed E-state index contributed by atoms with van der Waals surface area (Å²) >= 11 is 0. The lowest BCUT2D eigenvalue weighted by molar-refractivity contribution is -0.117. The number of nitrogens with one attached hydrogen (secondary N) is 2. The second-order valence-electron chi connectivity index (χ2n) is 6.15. The zero-order valence-electron chi connectivity index (χ0n) is 14.6. The molecular weight excluding hydrogens is 330 g/mol. The first-order valence-electron chi connectivity index (χ1n) is 8.58. The van der Waals surface area contributed by atoms with Crippen LogP contribution in [0.15, 0.2) is 48.5 Å². The fraction of sp³-hybridized carbons (Fsp3) is 0.250. The molecule has 1 heterocycles. The lowest BCUT2D eigenvalue weighted by Crippen LogP contribution is -2.25. The summed E-state index contributed by atoms with van der Waals surface area (Å²) < 4.78 is 0. The van der Waals surface area contributed by atoms with E-state index in [2.05, 4.69) is 10.6 Å². The molecule has 0 saturated carbocycles. The maximum Gasteiger partial charge on any atom is 0.251 e. The molecule has 2 aromatic rings. The van der Waals surface area contributed by atoms with Gasteiger partial charge in [0.2, 0.25) is 5.91 Å². The van der Waals surface area contributed by atoms with Gasteiger partial charge < -0.3 is 15.5 Å². The van der Waals surface area contributed by atoms with Crippen LogP contribution in [0.1, 0.15) is 39.1 Å². The molecule has 2 aromatic carbocycles. The molecule has 0 aliphatic carbocycles. The van der Waals surface area contributed by atoms with Gasteiger partial charge in [-0.05, 0) is 48.4 Å². The molecule has 26 heavy (non-hydrogen) atoms. The topological polar surface area (TPSA) is 78.5 Å². The van der Waals surface area contributed by atoms with Crippen LogP contribution >= 0.6 is 0 Å². The van der Waals surface area contributed by atoms with E-state index in [0.29, 0.717) is 24.1 Å². The quantitative estimate of drug-likeness (QED) is 0.866. The van der Waals surface area contributed by atoms with E-state index in [-0.39, 0.29) is 17.7 Å². The summed E-state index contributed by atoms with van der Waals surface area (Å²) in [6, 6.07) is 14.1. The van der Waals surface area contributed by atoms with Crippen molar-refractivity contribution in [3.63, 3.8) is 0 Å². The van der Waals surface area contributed by atoms with Crippen LogP contribution in [0.3, 0.4) is 0 Å². The van der Waals surface area contributed by atoms with Crippen LogP contribution in [-0.4, -0.2) is 31.3 Å². The van der Waals surface area contributed by atoms with Crippen molar-refractivity contribution in [1.82, 2.24) is 10.6 Å². The molecule has 1 fully saturated rings. The van der Waals surface area contributed by atoms with Gasteiger partial charge in [-0.1, -0.05) is 12.1 Å². The van der Waals surface area contributed by atoms with Gasteiger partial charge in [-0.15, -0.1) is 0 Å². The van der Waals surface area contributed by atoms with Crippen molar-refractivity contribution in [3.8, 4) is 0 Å². The fourth-order valence-electron chi connectivity index (χ4n) is 2.92. The molecule has 0 spiro atoms. The Morgan fingerprint density at radius 3 is 2.15 bits per heavy atom. The van der Waals surface area contributed by atoms with Gasteiger partial charge in [-0.3, -0.25) is 14.4 Å². The van der Waals surface area contributed by atoms with Crippen LogP contribution in [-0.2, 0) is 11.3 Å². The van der Waals surface area contributed by atoms with Crippen LogP contribution in [0.5, 0.6) is 0 Å². The lowest BCUT2D eigenvalue weighted by Gasteiger charge is -2.15. The van der Waals surface area contributed by atoms with Crippen molar-refractivity contribution >= 4 is 23.4 Å². The van der Waals surface area contributed by atoms with Crippen molar-refractivity contribution < 1.29 is 14.4 Å². The summed E-state index contributed by atoms with van der Waals surface area (Å²) in [5, 5.41) is 5.42. The minimum absolute atomic E-state index is 0.127. The monoisotopic (exact) mass is 351 g/mol. The highest BCUT2D eigenvalue weighted by Crippen LogP contribution is 2.21. The number of carbonyl (C=O) groups is 3. The Morgan fingerprint density at radius 1 is 0.962 bits per heavy atom. The van der Waals surface area contributed by atoms with Gasteiger partial charge in [-0.2, -0.15) is 0 Å². The second kappa shape index (κ2) is 7.82. The third-order valence-electron chi connectivity index (χ3n) is 4.41. The SMILES string of the molecule is CNC(=O)c1ccc(CNC(=O)c2ccc(N3CCCC3=O)cc2)cc1. The summed E-state index contributed by atoms with van der Waals surface area (Å²) in [5.74, 6) is -0.195. The number of amides is 3. The molecule has 0 aromatic heterocycles. The van der Waals surface area contributed by atoms with E-state index in [1.54, 1.807) is 48.3 Å². The average Bonchev–Trinajstić information content (AvgIpc) is 3.12. The number of hydrogen-bond acceptors (Lipinski definition) is 3. The summed E-state index contributed by atoms with van der Waals surface area (Å²) in [6.45, 7) is 1.11. The molecule has 3 rings (SSSR count). The van der Waals surface area contributed by atoms with E-state index in [1.807, 2.05) is 12.1 Å². The maximum absolute atomic E-state index is 12.3. The van der Waals surface area contributed by atoms with Gasteiger partial charge in [-0.25, -0.2) is 0 Å². The highest BCUT2D eigenvalue weighted by atomic mass is 16.2. The van der Waals surface area contributed by atoms with Crippen LogP contribution < -0.4 is 15.5 Å². The molecule has 0 unspecified atom stereocenters. The lowest BCUT2D eigenvalue weighted by atomic mass is 10.1. The summed E-state index contributed by atoms with van der Waals surface area (Å²) in [7, 11) is 1.58. The average molecular weight is 351 g/mol. The number of hydrogen-bond donors (Lipinski definition) is 2. The van der Waals surface area contributed by atoms with Gasteiger partial charge in [0.15, 0.2) is 0 Å². The first-order valence-corrected chi connectivity index (χ1v) is 8.58. The number of benzene rings is 2. The Kier molecular flexibility index (Phi) is 5.31. The molecule has 0 radical (unpaired) electrons. The number of nitrogens with zero attached hydrogens (tertiary/aromatic N) is 1. The summed E-state index contributed by atoms with van der Waals surface area (Å²) in [6.07, 6.45) is 1.46. The van der Waals surface area contributed by atoms with Gasteiger partial charge in [0.05, 0.1) is 0 Å². The van der Waals surface area contributed by atoms with Crippen LogP contribution in [0.2, 0.25) is 0 Å². The molecule has 6 heteroatoms. The van der Waals surface area contributed by atoms with Gasteiger partial charge >= 0.3 is 0 Å². The molecule has 1 saturated heterocycles. The Hall–Kier alpha value is -3.15. The van der Waals surface area contributed by atoms with Gasteiger partial charge in [0.1, 0.15) is 0 Å². The fourth-order valence-corrected chi connectivity index (χ4v) is 2.92. The van der Waals surface area contributed by atoms with E-state index in [1.165, 1.54) is 0 Å². The molecule has 1 aliphatic heterocycles. The van der Waals surface area contributed by atoms with Crippen molar-refractivity contribution in [1.29, 1.82) is 0 Å². The molecule has 0 bridgehead atoms. The minimum Gasteiger partial charge on any atom is -0.355 e. The van der Waals surface area contributed by atoms with Crippen molar-refractivity contribution in [2.45, 2.75) is 19.4 Å². The number of rotatable bonds is 5. The zero-order valence-corrected chi connectivity index (χ0v) is 14.6. The Bertz CT molecular complexity index is 813. The van der Waals surface area contributed by atoms with Crippen molar-refractivity contribution in [2.24, 2.45) is 0 Å². The molecule has 134 valence electrons. The predicted molar refractivity (Wildman–Crippen MR) is 99.0 cm³/mol. The minimum atomic E-state index is -0.181. The van der Waals surface area contributed by atoms with E-state index < -0.39 is 0 Å². The Labute approximate surface area is 152 Å². The van der Waals surface area contributed by atoms with Crippen LogP contribution in [0.25, 0.3) is 0 Å². The first kappa shape index (κ1) is 17.7. The number of anilines is 1. The normalized spacial score (nSPS) is 13.6. The molecular formula is C20H21N3O3. The predicted octanol–water partition coefficient (Wildman–Crippen LogP) is 2.10. The van der Waals surface area contributed by atoms with Crippen molar-refractivity contribution in [3.05, 3.63) is 65.2 Å². The largest absolute Gasteiger partial charge is 0.355 e. The molecule has 3 amide bonds. The first-order chi connectivity index (χ1) is 12.6. The smallest absolute Gasteiger partial charge is 0.251 e. The highest BCUT2D eigenvalue weighted by Gasteiger charge is 2.21.